The quantitative estimate of drug-likeness (QED) is 0.730. The third-order valence-electron chi connectivity index (χ3n) is 3.17. The smallest absolute Gasteiger partial charge is 0.223 e. The topological polar surface area (TPSA) is 55.0 Å². The van der Waals surface area contributed by atoms with Crippen LogP contribution in [0.15, 0.2) is 22.0 Å². The van der Waals surface area contributed by atoms with E-state index in [1.165, 1.54) is 9.75 Å². The lowest BCUT2D eigenvalue weighted by Crippen LogP contribution is -2.18. The summed E-state index contributed by atoms with van der Waals surface area (Å²) < 4.78 is 1.12. The van der Waals surface area contributed by atoms with Gasteiger partial charge in [-0.25, -0.2) is 4.98 Å². The van der Waals surface area contributed by atoms with Gasteiger partial charge in [-0.3, -0.25) is 0 Å². The van der Waals surface area contributed by atoms with Gasteiger partial charge >= 0.3 is 0 Å². The molecule has 4 nitrogen and oxygen atoms in total. The Morgan fingerprint density at radius 1 is 1.29 bits per heavy atom. The third-order valence-corrected chi connectivity index (χ3v) is 6.02. The van der Waals surface area contributed by atoms with Gasteiger partial charge in [-0.15, -0.1) is 22.7 Å². The van der Waals surface area contributed by atoms with Gasteiger partial charge in [-0.1, -0.05) is 6.92 Å². The lowest BCUT2D eigenvalue weighted by molar-refractivity contribution is 0.917. The second-order valence-electron chi connectivity index (χ2n) is 4.78. The fraction of sp³-hybridized carbons (Fsp3) is 0.286. The first-order valence-corrected chi connectivity index (χ1v) is 9.05. The van der Waals surface area contributed by atoms with E-state index < -0.39 is 0 Å². The van der Waals surface area contributed by atoms with Crippen LogP contribution in [0.1, 0.15) is 16.7 Å². The minimum Gasteiger partial charge on any atom is -0.368 e. The largest absolute Gasteiger partial charge is 0.368 e. The van der Waals surface area contributed by atoms with Gasteiger partial charge in [-0.2, -0.15) is 4.98 Å². The van der Waals surface area contributed by atoms with Crippen molar-refractivity contribution in [2.75, 3.05) is 17.7 Å². The van der Waals surface area contributed by atoms with Gasteiger partial charge in [-0.05, 0) is 34.5 Å². The molecule has 0 aliphatic rings. The maximum atomic E-state index is 5.86. The van der Waals surface area contributed by atoms with Gasteiger partial charge in [0.1, 0.15) is 10.6 Å². The molecular weight excluding hydrogens is 368 g/mol. The third kappa shape index (κ3) is 3.04. The molecule has 0 aliphatic carbocycles. The number of rotatable bonds is 4. The zero-order valence-electron chi connectivity index (χ0n) is 11.8. The summed E-state index contributed by atoms with van der Waals surface area (Å²) in [6, 6.07) is 4.31. The van der Waals surface area contributed by atoms with Crippen molar-refractivity contribution < 1.29 is 0 Å². The van der Waals surface area contributed by atoms with Crippen LogP contribution in [0.5, 0.6) is 0 Å². The molecule has 3 aromatic heterocycles. The van der Waals surface area contributed by atoms with Crippen LogP contribution >= 0.6 is 38.6 Å². The van der Waals surface area contributed by atoms with E-state index in [2.05, 4.69) is 55.2 Å². The van der Waals surface area contributed by atoms with Crippen molar-refractivity contribution in [1.29, 1.82) is 0 Å². The monoisotopic (exact) mass is 382 g/mol. The highest BCUT2D eigenvalue weighted by molar-refractivity contribution is 9.10. The standard InChI is InChI=1S/C14H15BrN4S2/c1-3-9-5-11-12(17-14(16)18-13(11)21-9)19(2)6-10-4-8(15)7-20-10/h4-5,7H,3,6H2,1-2H3,(H2,16,17,18). The Labute approximate surface area is 139 Å². The molecule has 0 saturated carbocycles. The molecule has 0 amide bonds. The molecule has 0 saturated heterocycles. The van der Waals surface area contributed by atoms with E-state index in [9.17, 15) is 0 Å². The van der Waals surface area contributed by atoms with Crippen LogP contribution in [0.2, 0.25) is 0 Å². The average molecular weight is 383 g/mol. The maximum absolute atomic E-state index is 5.86. The minimum absolute atomic E-state index is 0.334. The molecule has 0 radical (unpaired) electrons. The van der Waals surface area contributed by atoms with Crippen LogP contribution < -0.4 is 10.6 Å². The first kappa shape index (κ1) is 14.7. The summed E-state index contributed by atoms with van der Waals surface area (Å²) in [5, 5.41) is 3.18. The normalized spacial score (nSPS) is 11.2. The Morgan fingerprint density at radius 2 is 2.10 bits per heavy atom. The van der Waals surface area contributed by atoms with Crippen LogP contribution in [0, 0.1) is 0 Å². The van der Waals surface area contributed by atoms with Crippen molar-refractivity contribution in [3.05, 3.63) is 31.7 Å². The zero-order valence-corrected chi connectivity index (χ0v) is 15.0. The number of fused-ring (bicyclic) bond motifs is 1. The molecule has 110 valence electrons. The van der Waals surface area contributed by atoms with Crippen molar-refractivity contribution in [3.63, 3.8) is 0 Å². The number of anilines is 2. The molecule has 0 fully saturated rings. The fourth-order valence-electron chi connectivity index (χ4n) is 2.18. The molecule has 3 aromatic rings. The highest BCUT2D eigenvalue weighted by atomic mass is 79.9. The van der Waals surface area contributed by atoms with E-state index in [1.54, 1.807) is 22.7 Å². The van der Waals surface area contributed by atoms with E-state index >= 15 is 0 Å². The van der Waals surface area contributed by atoms with Gasteiger partial charge in [0.15, 0.2) is 0 Å². The number of nitrogens with zero attached hydrogens (tertiary/aromatic N) is 3. The van der Waals surface area contributed by atoms with Crippen molar-refractivity contribution in [2.24, 2.45) is 0 Å². The fourth-order valence-corrected chi connectivity index (χ4v) is 4.66. The Balaban J connectivity index is 1.99. The number of hydrogen-bond acceptors (Lipinski definition) is 6. The minimum atomic E-state index is 0.334. The van der Waals surface area contributed by atoms with Crippen molar-refractivity contribution in [2.45, 2.75) is 19.9 Å². The summed E-state index contributed by atoms with van der Waals surface area (Å²) in [5.41, 5.74) is 5.86. The molecule has 3 heterocycles. The number of thiophene rings is 2. The van der Waals surface area contributed by atoms with Gasteiger partial charge in [0.05, 0.1) is 11.9 Å². The average Bonchev–Trinajstić information content (AvgIpc) is 3.03. The molecule has 0 bridgehead atoms. The molecular formula is C14H15BrN4S2. The van der Waals surface area contributed by atoms with Crippen LogP contribution in [-0.4, -0.2) is 17.0 Å². The molecule has 21 heavy (non-hydrogen) atoms. The van der Waals surface area contributed by atoms with Crippen LogP contribution in [0.3, 0.4) is 0 Å². The van der Waals surface area contributed by atoms with Crippen LogP contribution in [0.4, 0.5) is 11.8 Å². The summed E-state index contributed by atoms with van der Waals surface area (Å²) in [5.74, 6) is 1.24. The highest BCUT2D eigenvalue weighted by Gasteiger charge is 2.14. The van der Waals surface area contributed by atoms with E-state index in [0.717, 1.165) is 33.5 Å². The van der Waals surface area contributed by atoms with Gasteiger partial charge in [0.2, 0.25) is 5.95 Å². The highest BCUT2D eigenvalue weighted by Crippen LogP contribution is 2.32. The number of halogens is 1. The molecule has 0 aliphatic heterocycles. The summed E-state index contributed by atoms with van der Waals surface area (Å²) in [4.78, 5) is 14.5. The molecule has 0 aromatic carbocycles. The van der Waals surface area contributed by atoms with Gasteiger partial charge in [0.25, 0.3) is 0 Å². The predicted molar refractivity (Wildman–Crippen MR) is 95.3 cm³/mol. The van der Waals surface area contributed by atoms with Gasteiger partial charge < -0.3 is 10.6 Å². The van der Waals surface area contributed by atoms with Crippen LogP contribution in [0.25, 0.3) is 10.2 Å². The molecule has 2 N–H and O–H groups in total. The number of hydrogen-bond donors (Lipinski definition) is 1. The molecule has 0 unspecified atom stereocenters. The van der Waals surface area contributed by atoms with E-state index in [0.29, 0.717) is 5.95 Å². The first-order chi connectivity index (χ1) is 10.1. The Kier molecular flexibility index (Phi) is 4.14. The predicted octanol–water partition coefficient (Wildman–Crippen LogP) is 4.30. The second kappa shape index (κ2) is 5.90. The molecule has 0 atom stereocenters. The molecule has 7 heteroatoms. The summed E-state index contributed by atoms with van der Waals surface area (Å²) in [6.07, 6.45) is 1.00. The second-order valence-corrected chi connectivity index (χ2v) is 7.80. The van der Waals surface area contributed by atoms with E-state index in [-0.39, 0.29) is 0 Å². The molecule has 3 rings (SSSR count). The number of nitrogen functional groups attached to an aromatic ring is 1. The number of aryl methyl sites for hydroxylation is 1. The maximum Gasteiger partial charge on any atom is 0.223 e. The number of aromatic nitrogens is 2. The van der Waals surface area contributed by atoms with Gasteiger partial charge in [0, 0.05) is 26.7 Å². The summed E-state index contributed by atoms with van der Waals surface area (Å²) >= 11 is 6.91. The Hall–Kier alpha value is -1.18. The lowest BCUT2D eigenvalue weighted by Gasteiger charge is -2.18. The zero-order chi connectivity index (χ0) is 15.0. The van der Waals surface area contributed by atoms with Crippen molar-refractivity contribution in [1.82, 2.24) is 9.97 Å². The summed E-state index contributed by atoms with van der Waals surface area (Å²) in [7, 11) is 2.04. The summed E-state index contributed by atoms with van der Waals surface area (Å²) in [6.45, 7) is 2.95. The van der Waals surface area contributed by atoms with E-state index in [1.807, 2.05) is 7.05 Å². The molecule has 0 spiro atoms. The SMILES string of the molecule is CCc1cc2c(N(C)Cc3cc(Br)cs3)nc(N)nc2s1. The van der Waals surface area contributed by atoms with Crippen molar-refractivity contribution >= 4 is 60.6 Å². The van der Waals surface area contributed by atoms with Crippen molar-refractivity contribution in [3.8, 4) is 0 Å². The van der Waals surface area contributed by atoms with Crippen LogP contribution in [-0.2, 0) is 13.0 Å². The van der Waals surface area contributed by atoms with E-state index in [4.69, 9.17) is 5.73 Å². The number of nitrogens with two attached hydrogens (primary N) is 1. The first-order valence-electron chi connectivity index (χ1n) is 6.56. The lowest BCUT2D eigenvalue weighted by atomic mass is 10.3. The Bertz CT molecular complexity index is 780. The Morgan fingerprint density at radius 3 is 2.76 bits per heavy atom.